The van der Waals surface area contributed by atoms with Crippen LogP contribution in [0.25, 0.3) is 0 Å². The zero-order chi connectivity index (χ0) is 15.6. The Hall–Kier alpha value is -2.15. The summed E-state index contributed by atoms with van der Waals surface area (Å²) in [6.07, 6.45) is 1.50. The fraction of sp³-hybridized carbons (Fsp3) is 0.385. The van der Waals surface area contributed by atoms with Gasteiger partial charge in [-0.15, -0.1) is 11.6 Å². The summed E-state index contributed by atoms with van der Waals surface area (Å²) in [5.41, 5.74) is 0.350. The molecule has 8 heteroatoms. The molecule has 0 spiro atoms. The molecule has 1 unspecified atom stereocenters. The Morgan fingerprint density at radius 2 is 2.19 bits per heavy atom. The van der Waals surface area contributed by atoms with Crippen molar-refractivity contribution in [1.29, 1.82) is 0 Å². The predicted octanol–water partition coefficient (Wildman–Crippen LogP) is 0.561. The van der Waals surface area contributed by atoms with Crippen molar-refractivity contribution in [3.63, 3.8) is 0 Å². The van der Waals surface area contributed by atoms with Crippen molar-refractivity contribution < 1.29 is 19.1 Å². The van der Waals surface area contributed by atoms with Gasteiger partial charge in [0.15, 0.2) is 5.82 Å². The average Bonchev–Trinajstić information content (AvgIpc) is 2.50. The van der Waals surface area contributed by atoms with E-state index >= 15 is 0 Å². The third-order valence-corrected chi connectivity index (χ3v) is 3.29. The average molecular weight is 312 g/mol. The molecule has 0 aliphatic carbocycles. The van der Waals surface area contributed by atoms with Crippen LogP contribution in [0.3, 0.4) is 0 Å². The number of carbonyl (C=O) groups is 3. The lowest BCUT2D eigenvalue weighted by molar-refractivity contribution is -0.148. The van der Waals surface area contributed by atoms with Gasteiger partial charge in [0.25, 0.3) is 5.91 Å². The van der Waals surface area contributed by atoms with Gasteiger partial charge in [-0.05, 0) is 19.1 Å². The standard InChI is InChI=1S/C13H14ClN3O4/c1-3-21-13(20)10-12(19)16(2)11-8(5-4-6-15-11)17(10)9(18)7-14/h4-6,10H,3,7H2,1-2H3. The molecule has 1 aromatic rings. The van der Waals surface area contributed by atoms with Gasteiger partial charge in [-0.1, -0.05) is 0 Å². The third-order valence-electron chi connectivity index (χ3n) is 3.06. The van der Waals surface area contributed by atoms with Crippen LogP contribution >= 0.6 is 11.6 Å². The molecule has 1 aromatic heterocycles. The molecule has 1 aliphatic rings. The molecule has 0 N–H and O–H groups in total. The number of likely N-dealkylation sites (N-methyl/N-ethyl adjacent to an activating group) is 1. The van der Waals surface area contributed by atoms with Crippen LogP contribution in [0, 0.1) is 0 Å². The number of hydrogen-bond donors (Lipinski definition) is 0. The molecule has 112 valence electrons. The van der Waals surface area contributed by atoms with Crippen molar-refractivity contribution >= 4 is 40.9 Å². The summed E-state index contributed by atoms with van der Waals surface area (Å²) in [7, 11) is 1.49. The SMILES string of the molecule is CCOC(=O)C1C(=O)N(C)c2ncccc2N1C(=O)CCl. The molecule has 2 heterocycles. The van der Waals surface area contributed by atoms with Gasteiger partial charge in [-0.3, -0.25) is 19.4 Å². The number of rotatable bonds is 3. The van der Waals surface area contributed by atoms with E-state index in [1.165, 1.54) is 18.1 Å². The number of anilines is 2. The lowest BCUT2D eigenvalue weighted by Crippen LogP contribution is -2.59. The molecule has 0 fully saturated rings. The van der Waals surface area contributed by atoms with Crippen molar-refractivity contribution in [1.82, 2.24) is 4.98 Å². The zero-order valence-electron chi connectivity index (χ0n) is 11.6. The Morgan fingerprint density at radius 1 is 1.48 bits per heavy atom. The molecule has 2 rings (SSSR count). The lowest BCUT2D eigenvalue weighted by Gasteiger charge is -2.37. The number of amides is 2. The minimum Gasteiger partial charge on any atom is -0.464 e. The number of ether oxygens (including phenoxy) is 1. The third kappa shape index (κ3) is 2.56. The van der Waals surface area contributed by atoms with Crippen LogP contribution in [0.5, 0.6) is 0 Å². The number of halogens is 1. The lowest BCUT2D eigenvalue weighted by atomic mass is 10.1. The number of hydrogen-bond acceptors (Lipinski definition) is 5. The van der Waals surface area contributed by atoms with Gasteiger partial charge in [0.2, 0.25) is 11.9 Å². The highest BCUT2D eigenvalue weighted by Gasteiger charge is 2.45. The second kappa shape index (κ2) is 6.09. The van der Waals surface area contributed by atoms with Crippen LogP contribution < -0.4 is 9.80 Å². The maximum Gasteiger partial charge on any atom is 0.339 e. The van der Waals surface area contributed by atoms with E-state index in [1.807, 2.05) is 0 Å². The smallest absolute Gasteiger partial charge is 0.339 e. The summed E-state index contributed by atoms with van der Waals surface area (Å²) in [6.45, 7) is 1.73. The normalized spacial score (nSPS) is 17.5. The van der Waals surface area contributed by atoms with E-state index in [0.717, 1.165) is 4.90 Å². The molecule has 7 nitrogen and oxygen atoms in total. The Labute approximate surface area is 126 Å². The highest BCUT2D eigenvalue weighted by molar-refractivity contribution is 6.32. The van der Waals surface area contributed by atoms with Crippen LogP contribution in [0.4, 0.5) is 11.5 Å². The molecule has 0 saturated carbocycles. The number of pyridine rings is 1. The first-order chi connectivity index (χ1) is 10.0. The van der Waals surface area contributed by atoms with Crippen molar-refractivity contribution in [3.8, 4) is 0 Å². The van der Waals surface area contributed by atoms with E-state index in [4.69, 9.17) is 16.3 Å². The van der Waals surface area contributed by atoms with E-state index in [1.54, 1.807) is 19.1 Å². The zero-order valence-corrected chi connectivity index (χ0v) is 12.3. The van der Waals surface area contributed by atoms with E-state index in [-0.39, 0.29) is 12.5 Å². The first-order valence-electron chi connectivity index (χ1n) is 6.30. The fourth-order valence-corrected chi connectivity index (χ4v) is 2.27. The van der Waals surface area contributed by atoms with Crippen LogP contribution in [0.1, 0.15) is 6.92 Å². The Bertz CT molecular complexity index is 593. The molecular weight excluding hydrogens is 298 g/mol. The van der Waals surface area contributed by atoms with Crippen LogP contribution in [-0.4, -0.2) is 48.3 Å². The van der Waals surface area contributed by atoms with Crippen molar-refractivity contribution in [2.24, 2.45) is 0 Å². The van der Waals surface area contributed by atoms with Crippen molar-refractivity contribution in [2.75, 3.05) is 29.3 Å². The van der Waals surface area contributed by atoms with Crippen molar-refractivity contribution in [3.05, 3.63) is 18.3 Å². The predicted molar refractivity (Wildman–Crippen MR) is 76.3 cm³/mol. The Kier molecular flexibility index (Phi) is 4.42. The van der Waals surface area contributed by atoms with Gasteiger partial charge in [-0.25, -0.2) is 9.78 Å². The van der Waals surface area contributed by atoms with Crippen LogP contribution in [-0.2, 0) is 19.1 Å². The summed E-state index contributed by atoms with van der Waals surface area (Å²) in [5.74, 6) is -2.01. The maximum atomic E-state index is 12.4. The van der Waals surface area contributed by atoms with Gasteiger partial charge in [-0.2, -0.15) is 0 Å². The number of aromatic nitrogens is 1. The number of alkyl halides is 1. The van der Waals surface area contributed by atoms with Gasteiger partial charge >= 0.3 is 5.97 Å². The van der Waals surface area contributed by atoms with E-state index in [0.29, 0.717) is 11.5 Å². The monoisotopic (exact) mass is 311 g/mol. The second-order valence-electron chi connectivity index (χ2n) is 4.30. The van der Waals surface area contributed by atoms with Crippen LogP contribution in [0.15, 0.2) is 18.3 Å². The Morgan fingerprint density at radius 3 is 2.81 bits per heavy atom. The van der Waals surface area contributed by atoms with Crippen LogP contribution in [0.2, 0.25) is 0 Å². The van der Waals surface area contributed by atoms with E-state index < -0.39 is 23.8 Å². The summed E-state index contributed by atoms with van der Waals surface area (Å²) in [6, 6.07) is 1.83. The highest BCUT2D eigenvalue weighted by atomic mass is 35.5. The number of fused-ring (bicyclic) bond motifs is 1. The van der Waals surface area contributed by atoms with Gasteiger partial charge in [0.1, 0.15) is 5.88 Å². The molecule has 21 heavy (non-hydrogen) atoms. The topological polar surface area (TPSA) is 79.8 Å². The van der Waals surface area contributed by atoms with E-state index in [2.05, 4.69) is 4.98 Å². The number of carbonyl (C=O) groups excluding carboxylic acids is 3. The summed E-state index contributed by atoms with van der Waals surface area (Å²) < 4.78 is 4.90. The summed E-state index contributed by atoms with van der Waals surface area (Å²) >= 11 is 5.59. The van der Waals surface area contributed by atoms with E-state index in [9.17, 15) is 14.4 Å². The van der Waals surface area contributed by atoms with Gasteiger partial charge in [0, 0.05) is 13.2 Å². The van der Waals surface area contributed by atoms with Crippen molar-refractivity contribution in [2.45, 2.75) is 13.0 Å². The van der Waals surface area contributed by atoms with Gasteiger partial charge < -0.3 is 4.74 Å². The molecule has 2 amide bonds. The first kappa shape index (κ1) is 15.2. The highest BCUT2D eigenvalue weighted by Crippen LogP contribution is 2.33. The molecule has 0 radical (unpaired) electrons. The summed E-state index contributed by atoms with van der Waals surface area (Å²) in [4.78, 5) is 42.9. The molecule has 1 aliphatic heterocycles. The molecule has 0 saturated heterocycles. The molecule has 1 atom stereocenters. The molecular formula is C13H14ClN3O4. The maximum absolute atomic E-state index is 12.4. The number of nitrogens with zero attached hydrogens (tertiary/aromatic N) is 3. The minimum atomic E-state index is -1.38. The fourth-order valence-electron chi connectivity index (χ4n) is 2.14. The molecule has 0 bridgehead atoms. The first-order valence-corrected chi connectivity index (χ1v) is 6.83. The minimum absolute atomic E-state index is 0.106. The van der Waals surface area contributed by atoms with Gasteiger partial charge in [0.05, 0.1) is 12.3 Å². The quantitative estimate of drug-likeness (QED) is 0.463. The Balaban J connectivity index is 2.56. The summed E-state index contributed by atoms with van der Waals surface area (Å²) in [5, 5.41) is 0. The molecule has 0 aromatic carbocycles. The largest absolute Gasteiger partial charge is 0.464 e. The number of esters is 1. The second-order valence-corrected chi connectivity index (χ2v) is 4.56.